The fourth-order valence-electron chi connectivity index (χ4n) is 0.813. The Morgan fingerprint density at radius 3 is 2.73 bits per heavy atom. The molecule has 0 rings (SSSR count). The molecule has 0 heterocycles. The highest BCUT2D eigenvalue weighted by Gasteiger charge is 2.13. The standard InChI is InChI=1S/C9H18N2O3S/c1-3-4-11-8(12)6-15-5-7(10)9(13)14-2/h7H,3-6,10H2,1-2H3,(H,11,12). The van der Waals surface area contributed by atoms with Gasteiger partial charge in [-0.15, -0.1) is 11.8 Å². The van der Waals surface area contributed by atoms with E-state index >= 15 is 0 Å². The Balaban J connectivity index is 3.52. The molecule has 0 spiro atoms. The second-order valence-electron chi connectivity index (χ2n) is 2.99. The number of methoxy groups -OCH3 is 1. The third-order valence-electron chi connectivity index (χ3n) is 1.61. The molecule has 0 aliphatic carbocycles. The number of carbonyl (C=O) groups excluding carboxylic acids is 2. The number of ether oxygens (including phenoxy) is 1. The Hall–Kier alpha value is -0.750. The molecule has 0 aromatic rings. The summed E-state index contributed by atoms with van der Waals surface area (Å²) in [6, 6.07) is -0.654. The average molecular weight is 234 g/mol. The van der Waals surface area contributed by atoms with Crippen LogP contribution in [0.4, 0.5) is 0 Å². The molecule has 1 unspecified atom stereocenters. The predicted molar refractivity (Wildman–Crippen MR) is 60.6 cm³/mol. The minimum absolute atomic E-state index is 0.0288. The van der Waals surface area contributed by atoms with Gasteiger partial charge in [0.2, 0.25) is 5.91 Å². The number of thioether (sulfide) groups is 1. The van der Waals surface area contributed by atoms with E-state index in [1.165, 1.54) is 18.9 Å². The first-order valence-corrected chi connectivity index (χ1v) is 5.95. The van der Waals surface area contributed by atoms with E-state index in [1.54, 1.807) is 0 Å². The van der Waals surface area contributed by atoms with Crippen LogP contribution in [0, 0.1) is 0 Å². The third-order valence-corrected chi connectivity index (χ3v) is 2.67. The van der Waals surface area contributed by atoms with Crippen molar-refractivity contribution in [1.82, 2.24) is 5.32 Å². The maximum absolute atomic E-state index is 11.1. The molecule has 6 heteroatoms. The van der Waals surface area contributed by atoms with Crippen molar-refractivity contribution in [2.75, 3.05) is 25.2 Å². The van der Waals surface area contributed by atoms with E-state index in [4.69, 9.17) is 5.73 Å². The van der Waals surface area contributed by atoms with Gasteiger partial charge in [-0.25, -0.2) is 0 Å². The van der Waals surface area contributed by atoms with Gasteiger partial charge in [0.15, 0.2) is 0 Å². The van der Waals surface area contributed by atoms with Crippen molar-refractivity contribution in [2.45, 2.75) is 19.4 Å². The normalized spacial score (nSPS) is 11.9. The fraction of sp³-hybridized carbons (Fsp3) is 0.778. The van der Waals surface area contributed by atoms with E-state index in [1.807, 2.05) is 6.92 Å². The number of hydrogen-bond acceptors (Lipinski definition) is 5. The van der Waals surface area contributed by atoms with Crippen LogP contribution in [0.2, 0.25) is 0 Å². The second-order valence-corrected chi connectivity index (χ2v) is 4.02. The zero-order valence-electron chi connectivity index (χ0n) is 9.12. The lowest BCUT2D eigenvalue weighted by molar-refractivity contribution is -0.141. The number of amides is 1. The van der Waals surface area contributed by atoms with Gasteiger partial charge >= 0.3 is 5.97 Å². The van der Waals surface area contributed by atoms with E-state index in [2.05, 4.69) is 10.1 Å². The van der Waals surface area contributed by atoms with Crippen molar-refractivity contribution in [2.24, 2.45) is 5.73 Å². The lowest BCUT2D eigenvalue weighted by atomic mass is 10.4. The van der Waals surface area contributed by atoms with Crippen LogP contribution >= 0.6 is 11.8 Å². The van der Waals surface area contributed by atoms with Crippen molar-refractivity contribution >= 4 is 23.6 Å². The van der Waals surface area contributed by atoms with Gasteiger partial charge < -0.3 is 15.8 Å². The van der Waals surface area contributed by atoms with E-state index in [0.29, 0.717) is 18.1 Å². The maximum atomic E-state index is 11.1. The number of esters is 1. The molecule has 0 saturated heterocycles. The van der Waals surface area contributed by atoms with Gasteiger partial charge in [-0.1, -0.05) is 6.92 Å². The Morgan fingerprint density at radius 2 is 2.20 bits per heavy atom. The number of carbonyl (C=O) groups is 2. The molecular weight excluding hydrogens is 216 g/mol. The van der Waals surface area contributed by atoms with Crippen LogP contribution < -0.4 is 11.1 Å². The average Bonchev–Trinajstić information content (AvgIpc) is 2.24. The maximum Gasteiger partial charge on any atom is 0.323 e. The SMILES string of the molecule is CCCNC(=O)CSCC(N)C(=O)OC. The van der Waals surface area contributed by atoms with Crippen LogP contribution in [0.25, 0.3) is 0 Å². The summed E-state index contributed by atoms with van der Waals surface area (Å²) in [7, 11) is 1.29. The molecule has 0 aromatic heterocycles. The highest BCUT2D eigenvalue weighted by atomic mass is 32.2. The Labute approximate surface area is 94.1 Å². The van der Waals surface area contributed by atoms with Crippen LogP contribution in [0.5, 0.6) is 0 Å². The predicted octanol–water partition coefficient (Wildman–Crippen LogP) is -0.254. The van der Waals surface area contributed by atoms with Crippen molar-refractivity contribution < 1.29 is 14.3 Å². The number of rotatable bonds is 7. The third kappa shape index (κ3) is 7.21. The lowest BCUT2D eigenvalue weighted by Crippen LogP contribution is -2.34. The smallest absolute Gasteiger partial charge is 0.323 e. The van der Waals surface area contributed by atoms with Gasteiger partial charge in [0.1, 0.15) is 6.04 Å². The summed E-state index contributed by atoms with van der Waals surface area (Å²) in [5.74, 6) is 0.243. The van der Waals surface area contributed by atoms with Gasteiger partial charge in [0.05, 0.1) is 12.9 Å². The number of nitrogens with two attached hydrogens (primary N) is 1. The monoisotopic (exact) mass is 234 g/mol. The summed E-state index contributed by atoms with van der Waals surface area (Å²) in [5, 5.41) is 2.73. The quantitative estimate of drug-likeness (QED) is 0.593. The largest absolute Gasteiger partial charge is 0.468 e. The molecule has 0 saturated carbocycles. The summed E-state index contributed by atoms with van der Waals surface area (Å²) in [6.07, 6.45) is 0.915. The van der Waals surface area contributed by atoms with E-state index in [0.717, 1.165) is 6.42 Å². The molecular formula is C9H18N2O3S. The molecule has 0 bridgehead atoms. The lowest BCUT2D eigenvalue weighted by Gasteiger charge is -2.08. The molecule has 88 valence electrons. The summed E-state index contributed by atoms with van der Waals surface area (Å²) in [5.41, 5.74) is 5.49. The summed E-state index contributed by atoms with van der Waals surface area (Å²) in [4.78, 5) is 22.0. The van der Waals surface area contributed by atoms with Gasteiger partial charge in [-0.3, -0.25) is 9.59 Å². The zero-order chi connectivity index (χ0) is 11.7. The summed E-state index contributed by atoms with van der Waals surface area (Å²) in [6.45, 7) is 2.67. The van der Waals surface area contributed by atoms with Crippen LogP contribution in [0.1, 0.15) is 13.3 Å². The molecule has 5 nitrogen and oxygen atoms in total. The Kier molecular flexibility index (Phi) is 8.12. The molecule has 15 heavy (non-hydrogen) atoms. The first kappa shape index (κ1) is 14.2. The van der Waals surface area contributed by atoms with Crippen LogP contribution in [-0.2, 0) is 14.3 Å². The van der Waals surface area contributed by atoms with Gasteiger partial charge in [-0.2, -0.15) is 0 Å². The molecule has 0 radical (unpaired) electrons. The summed E-state index contributed by atoms with van der Waals surface area (Å²) >= 11 is 1.33. The van der Waals surface area contributed by atoms with Gasteiger partial charge in [0, 0.05) is 12.3 Å². The van der Waals surface area contributed by atoms with Gasteiger partial charge in [-0.05, 0) is 6.42 Å². The molecule has 0 fully saturated rings. The van der Waals surface area contributed by atoms with Crippen LogP contribution in [0.3, 0.4) is 0 Å². The van der Waals surface area contributed by atoms with Crippen molar-refractivity contribution in [1.29, 1.82) is 0 Å². The van der Waals surface area contributed by atoms with Crippen molar-refractivity contribution in [3.8, 4) is 0 Å². The van der Waals surface area contributed by atoms with Crippen molar-refractivity contribution in [3.63, 3.8) is 0 Å². The highest BCUT2D eigenvalue weighted by Crippen LogP contribution is 2.02. The van der Waals surface area contributed by atoms with Crippen LogP contribution in [-0.4, -0.2) is 43.1 Å². The minimum atomic E-state index is -0.654. The van der Waals surface area contributed by atoms with Crippen LogP contribution in [0.15, 0.2) is 0 Å². The molecule has 0 aliphatic rings. The first-order valence-electron chi connectivity index (χ1n) is 4.79. The molecule has 0 aromatic carbocycles. The second kappa shape index (κ2) is 8.55. The van der Waals surface area contributed by atoms with Crippen molar-refractivity contribution in [3.05, 3.63) is 0 Å². The molecule has 1 atom stereocenters. The van der Waals surface area contributed by atoms with E-state index in [9.17, 15) is 9.59 Å². The topological polar surface area (TPSA) is 81.4 Å². The fourth-order valence-corrected chi connectivity index (χ4v) is 1.61. The Morgan fingerprint density at radius 1 is 1.53 bits per heavy atom. The summed E-state index contributed by atoms with van der Waals surface area (Å²) < 4.78 is 4.46. The molecule has 3 N–H and O–H groups in total. The van der Waals surface area contributed by atoms with E-state index in [-0.39, 0.29) is 5.91 Å². The minimum Gasteiger partial charge on any atom is -0.468 e. The number of nitrogens with one attached hydrogen (secondary N) is 1. The molecule has 1 amide bonds. The van der Waals surface area contributed by atoms with E-state index < -0.39 is 12.0 Å². The number of hydrogen-bond donors (Lipinski definition) is 2. The highest BCUT2D eigenvalue weighted by molar-refractivity contribution is 8.00. The zero-order valence-corrected chi connectivity index (χ0v) is 9.93. The first-order chi connectivity index (χ1) is 7.11. The van der Waals surface area contributed by atoms with Gasteiger partial charge in [0.25, 0.3) is 0 Å². The molecule has 0 aliphatic heterocycles. The Bertz CT molecular complexity index is 212.